The number of nitrogens with two attached hydrogens (primary N) is 1. The van der Waals surface area contributed by atoms with Crippen LogP contribution in [0.3, 0.4) is 0 Å². The fourth-order valence-electron chi connectivity index (χ4n) is 1.72. The second kappa shape index (κ2) is 5.89. The van der Waals surface area contributed by atoms with Crippen molar-refractivity contribution in [3.63, 3.8) is 0 Å². The van der Waals surface area contributed by atoms with Crippen molar-refractivity contribution in [1.29, 1.82) is 0 Å². The largest absolute Gasteiger partial charge is 0.496 e. The topological polar surface area (TPSA) is 64.4 Å². The van der Waals surface area contributed by atoms with Crippen molar-refractivity contribution in [2.45, 2.75) is 19.4 Å². The molecule has 0 radical (unpaired) electrons. The first kappa shape index (κ1) is 13.8. The molecule has 0 fully saturated rings. The molecule has 1 atom stereocenters. The minimum Gasteiger partial charge on any atom is -0.496 e. The molecule has 5 heteroatoms. The molecule has 17 heavy (non-hydrogen) atoms. The predicted molar refractivity (Wildman–Crippen MR) is 68.4 cm³/mol. The SMILES string of the molecule is CNC(=O)CC(N)c1cc(Cl)cc(C)c1OC. The first-order valence-corrected chi connectivity index (χ1v) is 5.67. The molecule has 0 aliphatic rings. The van der Waals surface area contributed by atoms with E-state index < -0.39 is 6.04 Å². The standard InChI is InChI=1S/C12H17ClN2O2/c1-7-4-8(13)5-9(12(7)17-3)10(14)6-11(16)15-2/h4-5,10H,6,14H2,1-3H3,(H,15,16). The molecule has 4 nitrogen and oxygen atoms in total. The Bertz CT molecular complexity index is 421. The van der Waals surface area contributed by atoms with E-state index in [1.807, 2.05) is 6.92 Å². The Labute approximate surface area is 106 Å². The number of methoxy groups -OCH3 is 1. The number of amides is 1. The summed E-state index contributed by atoms with van der Waals surface area (Å²) in [5.74, 6) is 0.572. The van der Waals surface area contributed by atoms with Crippen LogP contribution in [0.4, 0.5) is 0 Å². The molecule has 0 heterocycles. The molecule has 1 unspecified atom stereocenters. The van der Waals surface area contributed by atoms with Crippen LogP contribution in [0.15, 0.2) is 12.1 Å². The number of aryl methyl sites for hydroxylation is 1. The van der Waals surface area contributed by atoms with Crippen molar-refractivity contribution in [2.24, 2.45) is 5.73 Å². The van der Waals surface area contributed by atoms with Crippen molar-refractivity contribution in [2.75, 3.05) is 14.2 Å². The number of nitrogens with one attached hydrogen (secondary N) is 1. The van der Waals surface area contributed by atoms with Crippen molar-refractivity contribution in [3.8, 4) is 5.75 Å². The zero-order valence-corrected chi connectivity index (χ0v) is 11.0. The van der Waals surface area contributed by atoms with E-state index in [4.69, 9.17) is 22.1 Å². The van der Waals surface area contributed by atoms with Crippen LogP contribution in [-0.4, -0.2) is 20.1 Å². The molecule has 1 amide bonds. The van der Waals surface area contributed by atoms with E-state index in [1.54, 1.807) is 26.3 Å². The molecule has 0 saturated carbocycles. The summed E-state index contributed by atoms with van der Waals surface area (Å²) in [5, 5.41) is 3.13. The average molecular weight is 257 g/mol. The van der Waals surface area contributed by atoms with Crippen LogP contribution in [0.5, 0.6) is 5.75 Å². The fraction of sp³-hybridized carbons (Fsp3) is 0.417. The van der Waals surface area contributed by atoms with Crippen molar-refractivity contribution < 1.29 is 9.53 Å². The Morgan fingerprint density at radius 2 is 2.24 bits per heavy atom. The van der Waals surface area contributed by atoms with E-state index in [2.05, 4.69) is 5.32 Å². The molecule has 1 aromatic carbocycles. The van der Waals surface area contributed by atoms with Crippen molar-refractivity contribution in [1.82, 2.24) is 5.32 Å². The molecule has 0 aromatic heterocycles. The highest BCUT2D eigenvalue weighted by Crippen LogP contribution is 2.32. The molecule has 1 aromatic rings. The summed E-state index contributed by atoms with van der Waals surface area (Å²) in [5.41, 5.74) is 7.64. The number of benzene rings is 1. The molecular formula is C12H17ClN2O2. The van der Waals surface area contributed by atoms with Crippen LogP contribution >= 0.6 is 11.6 Å². The maximum atomic E-state index is 11.3. The van der Waals surface area contributed by atoms with Gasteiger partial charge in [0.15, 0.2) is 0 Å². The lowest BCUT2D eigenvalue weighted by Crippen LogP contribution is -2.24. The third-order valence-electron chi connectivity index (χ3n) is 2.56. The average Bonchev–Trinajstić information content (AvgIpc) is 2.27. The van der Waals surface area contributed by atoms with Gasteiger partial charge in [0.05, 0.1) is 7.11 Å². The van der Waals surface area contributed by atoms with E-state index in [0.717, 1.165) is 11.1 Å². The van der Waals surface area contributed by atoms with Crippen LogP contribution < -0.4 is 15.8 Å². The van der Waals surface area contributed by atoms with Gasteiger partial charge in [-0.05, 0) is 24.6 Å². The lowest BCUT2D eigenvalue weighted by Gasteiger charge is -2.17. The molecule has 1 rings (SSSR count). The van der Waals surface area contributed by atoms with Crippen LogP contribution in [0.2, 0.25) is 5.02 Å². The quantitative estimate of drug-likeness (QED) is 0.863. The van der Waals surface area contributed by atoms with E-state index in [1.165, 1.54) is 0 Å². The minimum atomic E-state index is -0.428. The Hall–Kier alpha value is -1.26. The molecule has 3 N–H and O–H groups in total. The second-order valence-electron chi connectivity index (χ2n) is 3.83. The summed E-state index contributed by atoms with van der Waals surface area (Å²) in [6, 6.07) is 3.11. The monoisotopic (exact) mass is 256 g/mol. The van der Waals surface area contributed by atoms with Gasteiger partial charge in [0.1, 0.15) is 5.75 Å². The van der Waals surface area contributed by atoms with E-state index >= 15 is 0 Å². The summed E-state index contributed by atoms with van der Waals surface area (Å²) in [4.78, 5) is 11.3. The molecule has 0 aliphatic heterocycles. The minimum absolute atomic E-state index is 0.114. The fourth-order valence-corrected chi connectivity index (χ4v) is 2.00. The number of hydrogen-bond donors (Lipinski definition) is 2. The Morgan fingerprint density at radius 1 is 1.59 bits per heavy atom. The highest BCUT2D eigenvalue weighted by molar-refractivity contribution is 6.30. The van der Waals surface area contributed by atoms with Gasteiger partial charge in [0.2, 0.25) is 5.91 Å². The van der Waals surface area contributed by atoms with Gasteiger partial charge < -0.3 is 15.8 Å². The van der Waals surface area contributed by atoms with E-state index in [-0.39, 0.29) is 12.3 Å². The van der Waals surface area contributed by atoms with E-state index in [0.29, 0.717) is 10.8 Å². The molecular weight excluding hydrogens is 240 g/mol. The first-order chi connectivity index (χ1) is 7.99. The van der Waals surface area contributed by atoms with Crippen LogP contribution in [0.25, 0.3) is 0 Å². The van der Waals surface area contributed by atoms with Gasteiger partial charge in [0.25, 0.3) is 0 Å². The van der Waals surface area contributed by atoms with Gasteiger partial charge in [0, 0.05) is 30.1 Å². The highest BCUT2D eigenvalue weighted by atomic mass is 35.5. The van der Waals surface area contributed by atoms with E-state index in [9.17, 15) is 4.79 Å². The third-order valence-corrected chi connectivity index (χ3v) is 2.77. The Balaban J connectivity index is 3.07. The van der Waals surface area contributed by atoms with Gasteiger partial charge in [-0.15, -0.1) is 0 Å². The number of rotatable bonds is 4. The normalized spacial score (nSPS) is 12.1. The summed E-state index contributed by atoms with van der Waals surface area (Å²) in [6.07, 6.45) is 0.201. The maximum absolute atomic E-state index is 11.3. The summed E-state index contributed by atoms with van der Waals surface area (Å²) in [7, 11) is 3.15. The number of ether oxygens (including phenoxy) is 1. The van der Waals surface area contributed by atoms with Crippen molar-refractivity contribution >= 4 is 17.5 Å². The molecule has 0 saturated heterocycles. The molecule has 0 bridgehead atoms. The van der Waals surface area contributed by atoms with Gasteiger partial charge in [-0.3, -0.25) is 4.79 Å². The first-order valence-electron chi connectivity index (χ1n) is 5.29. The maximum Gasteiger partial charge on any atom is 0.221 e. The third kappa shape index (κ3) is 3.35. The molecule has 0 spiro atoms. The molecule has 94 valence electrons. The van der Waals surface area contributed by atoms with Gasteiger partial charge in [-0.25, -0.2) is 0 Å². The number of carbonyl (C=O) groups is 1. The smallest absolute Gasteiger partial charge is 0.221 e. The zero-order chi connectivity index (χ0) is 13.0. The summed E-state index contributed by atoms with van der Waals surface area (Å²) < 4.78 is 5.30. The zero-order valence-electron chi connectivity index (χ0n) is 10.2. The second-order valence-corrected chi connectivity index (χ2v) is 4.27. The predicted octanol–water partition coefficient (Wildman–Crippen LogP) is 1.79. The lowest BCUT2D eigenvalue weighted by molar-refractivity contribution is -0.120. The summed E-state index contributed by atoms with van der Waals surface area (Å²) >= 11 is 5.98. The van der Waals surface area contributed by atoms with Crippen molar-refractivity contribution in [3.05, 3.63) is 28.3 Å². The van der Waals surface area contributed by atoms with Crippen LogP contribution in [0.1, 0.15) is 23.6 Å². The summed E-state index contributed by atoms with van der Waals surface area (Å²) in [6.45, 7) is 1.89. The lowest BCUT2D eigenvalue weighted by atomic mass is 10.0. The van der Waals surface area contributed by atoms with Gasteiger partial charge in [-0.2, -0.15) is 0 Å². The Morgan fingerprint density at radius 3 is 2.76 bits per heavy atom. The van der Waals surface area contributed by atoms with Gasteiger partial charge >= 0.3 is 0 Å². The number of carbonyl (C=O) groups excluding carboxylic acids is 1. The number of halogens is 1. The van der Waals surface area contributed by atoms with Gasteiger partial charge in [-0.1, -0.05) is 11.6 Å². The van der Waals surface area contributed by atoms with Crippen LogP contribution in [-0.2, 0) is 4.79 Å². The van der Waals surface area contributed by atoms with Crippen LogP contribution in [0, 0.1) is 6.92 Å². The Kier molecular flexibility index (Phi) is 4.78. The number of hydrogen-bond acceptors (Lipinski definition) is 3. The molecule has 0 aliphatic carbocycles. The highest BCUT2D eigenvalue weighted by Gasteiger charge is 2.17.